The quantitative estimate of drug-likeness (QED) is 0.757. The highest BCUT2D eigenvalue weighted by Crippen LogP contribution is 2.17. The summed E-state index contributed by atoms with van der Waals surface area (Å²) in [6.07, 6.45) is 2.28. The van der Waals surface area contributed by atoms with E-state index in [1.54, 1.807) is 12.1 Å². The molecule has 2 nitrogen and oxygen atoms in total. The molecule has 84 valence electrons. The van der Waals surface area contributed by atoms with Crippen LogP contribution in [0.5, 0.6) is 0 Å². The molecule has 0 radical (unpaired) electrons. The van der Waals surface area contributed by atoms with Gasteiger partial charge in [0.25, 0.3) is 0 Å². The molecular formula is C12H19FN2. The van der Waals surface area contributed by atoms with Gasteiger partial charge in [-0.15, -0.1) is 0 Å². The summed E-state index contributed by atoms with van der Waals surface area (Å²) in [5, 5.41) is 0. The third kappa shape index (κ3) is 3.51. The Hall–Kier alpha value is -1.09. The van der Waals surface area contributed by atoms with E-state index in [2.05, 4.69) is 11.8 Å². The van der Waals surface area contributed by atoms with Gasteiger partial charge in [-0.25, -0.2) is 4.39 Å². The lowest BCUT2D eigenvalue weighted by atomic mass is 10.1. The maximum atomic E-state index is 13.4. The fourth-order valence-corrected chi connectivity index (χ4v) is 1.52. The smallest absolute Gasteiger partial charge is 0.129 e. The molecule has 0 saturated heterocycles. The Morgan fingerprint density at radius 1 is 1.40 bits per heavy atom. The van der Waals surface area contributed by atoms with Crippen LogP contribution in [0.1, 0.15) is 25.3 Å². The summed E-state index contributed by atoms with van der Waals surface area (Å²) in [6, 6.07) is 4.84. The monoisotopic (exact) mass is 210 g/mol. The minimum absolute atomic E-state index is 0.210. The van der Waals surface area contributed by atoms with E-state index in [9.17, 15) is 4.39 Å². The molecule has 0 bridgehead atoms. The van der Waals surface area contributed by atoms with Crippen molar-refractivity contribution in [1.29, 1.82) is 0 Å². The number of hydrogen-bond acceptors (Lipinski definition) is 2. The molecule has 1 aromatic rings. The number of benzene rings is 1. The van der Waals surface area contributed by atoms with Crippen molar-refractivity contribution in [2.24, 2.45) is 0 Å². The Kier molecular flexibility index (Phi) is 4.56. The lowest BCUT2D eigenvalue weighted by Gasteiger charge is -2.17. The van der Waals surface area contributed by atoms with Gasteiger partial charge >= 0.3 is 0 Å². The summed E-state index contributed by atoms with van der Waals surface area (Å²) in [7, 11) is 1.99. The van der Waals surface area contributed by atoms with Crippen LogP contribution >= 0.6 is 0 Å². The van der Waals surface area contributed by atoms with Crippen LogP contribution in [0.4, 0.5) is 10.1 Å². The predicted molar refractivity (Wildman–Crippen MR) is 62.1 cm³/mol. The summed E-state index contributed by atoms with van der Waals surface area (Å²) in [4.78, 5) is 2.10. The van der Waals surface area contributed by atoms with E-state index in [0.29, 0.717) is 17.8 Å². The van der Waals surface area contributed by atoms with E-state index in [-0.39, 0.29) is 5.82 Å². The highest BCUT2D eigenvalue weighted by Gasteiger charge is 2.08. The Morgan fingerprint density at radius 2 is 2.13 bits per heavy atom. The predicted octanol–water partition coefficient (Wildman–Crippen LogP) is 2.64. The van der Waals surface area contributed by atoms with Crippen LogP contribution in [0.3, 0.4) is 0 Å². The standard InChI is InChI=1S/C12H19FN2/c1-3-4-8-15(2)9-10-11(13)6-5-7-12(10)14/h5-7H,3-4,8-9,14H2,1-2H3. The highest BCUT2D eigenvalue weighted by atomic mass is 19.1. The molecule has 0 fully saturated rings. The molecule has 0 aliphatic heterocycles. The molecule has 3 heteroatoms. The molecule has 0 aliphatic carbocycles. The first-order chi connectivity index (χ1) is 7.15. The number of nitrogens with zero attached hydrogens (tertiary/aromatic N) is 1. The number of nitrogen functional groups attached to an aromatic ring is 1. The van der Waals surface area contributed by atoms with Crippen molar-refractivity contribution in [1.82, 2.24) is 4.90 Å². The molecule has 0 atom stereocenters. The average Bonchev–Trinajstić information content (AvgIpc) is 2.21. The van der Waals surface area contributed by atoms with Gasteiger partial charge in [-0.05, 0) is 32.1 Å². The third-order valence-electron chi connectivity index (χ3n) is 2.48. The molecule has 2 N–H and O–H groups in total. The van der Waals surface area contributed by atoms with Crippen molar-refractivity contribution in [3.63, 3.8) is 0 Å². The van der Waals surface area contributed by atoms with Gasteiger partial charge in [-0.3, -0.25) is 0 Å². The second-order valence-electron chi connectivity index (χ2n) is 3.90. The van der Waals surface area contributed by atoms with Crippen LogP contribution in [0.25, 0.3) is 0 Å². The Balaban J connectivity index is 2.63. The van der Waals surface area contributed by atoms with E-state index >= 15 is 0 Å². The maximum Gasteiger partial charge on any atom is 0.129 e. The number of halogens is 1. The molecule has 0 aliphatic rings. The molecule has 1 aromatic carbocycles. The second-order valence-corrected chi connectivity index (χ2v) is 3.90. The number of hydrogen-bond donors (Lipinski definition) is 1. The van der Waals surface area contributed by atoms with Crippen LogP contribution in [-0.2, 0) is 6.54 Å². The molecule has 0 unspecified atom stereocenters. The van der Waals surface area contributed by atoms with Crippen LogP contribution in [0.15, 0.2) is 18.2 Å². The van der Waals surface area contributed by atoms with Gasteiger partial charge in [0.05, 0.1) is 0 Å². The van der Waals surface area contributed by atoms with Crippen LogP contribution < -0.4 is 5.73 Å². The van der Waals surface area contributed by atoms with Gasteiger partial charge in [0, 0.05) is 17.8 Å². The van der Waals surface area contributed by atoms with Gasteiger partial charge in [0.15, 0.2) is 0 Å². The fraction of sp³-hybridized carbons (Fsp3) is 0.500. The summed E-state index contributed by atoms with van der Waals surface area (Å²) in [6.45, 7) is 3.70. The summed E-state index contributed by atoms with van der Waals surface area (Å²) in [5.74, 6) is -0.210. The van der Waals surface area contributed by atoms with Crippen molar-refractivity contribution in [3.05, 3.63) is 29.6 Å². The largest absolute Gasteiger partial charge is 0.398 e. The normalized spacial score (nSPS) is 10.9. The molecule has 0 heterocycles. The third-order valence-corrected chi connectivity index (χ3v) is 2.48. The Morgan fingerprint density at radius 3 is 2.73 bits per heavy atom. The van der Waals surface area contributed by atoms with E-state index in [4.69, 9.17) is 5.73 Å². The number of anilines is 1. The summed E-state index contributed by atoms with van der Waals surface area (Å²) in [5.41, 5.74) is 6.88. The Bertz CT molecular complexity index is 292. The zero-order valence-corrected chi connectivity index (χ0v) is 9.46. The first-order valence-electron chi connectivity index (χ1n) is 5.36. The van der Waals surface area contributed by atoms with Crippen molar-refractivity contribution in [3.8, 4) is 0 Å². The molecule has 0 spiro atoms. The van der Waals surface area contributed by atoms with E-state index in [0.717, 1.165) is 19.4 Å². The Labute approximate surface area is 90.9 Å². The zero-order chi connectivity index (χ0) is 11.3. The fourth-order valence-electron chi connectivity index (χ4n) is 1.52. The van der Waals surface area contributed by atoms with Crippen molar-refractivity contribution in [2.75, 3.05) is 19.3 Å². The lowest BCUT2D eigenvalue weighted by molar-refractivity contribution is 0.316. The van der Waals surface area contributed by atoms with E-state index in [1.807, 2.05) is 7.05 Å². The molecule has 0 amide bonds. The van der Waals surface area contributed by atoms with Gasteiger partial charge in [0.2, 0.25) is 0 Å². The van der Waals surface area contributed by atoms with Gasteiger partial charge < -0.3 is 10.6 Å². The lowest BCUT2D eigenvalue weighted by Crippen LogP contribution is -2.20. The van der Waals surface area contributed by atoms with Gasteiger partial charge in [-0.1, -0.05) is 19.4 Å². The van der Waals surface area contributed by atoms with Gasteiger partial charge in [0.1, 0.15) is 5.82 Å². The summed E-state index contributed by atoms with van der Waals surface area (Å²) < 4.78 is 13.4. The average molecular weight is 210 g/mol. The number of nitrogens with two attached hydrogens (primary N) is 1. The molecule has 0 aromatic heterocycles. The molecule has 1 rings (SSSR count). The van der Waals surface area contributed by atoms with Gasteiger partial charge in [-0.2, -0.15) is 0 Å². The van der Waals surface area contributed by atoms with Crippen molar-refractivity contribution >= 4 is 5.69 Å². The molecular weight excluding hydrogens is 191 g/mol. The minimum Gasteiger partial charge on any atom is -0.398 e. The first kappa shape index (κ1) is 12.0. The van der Waals surface area contributed by atoms with Crippen LogP contribution in [0.2, 0.25) is 0 Å². The highest BCUT2D eigenvalue weighted by molar-refractivity contribution is 5.47. The van der Waals surface area contributed by atoms with Crippen molar-refractivity contribution < 1.29 is 4.39 Å². The maximum absolute atomic E-state index is 13.4. The SMILES string of the molecule is CCCCN(C)Cc1c(N)cccc1F. The number of rotatable bonds is 5. The van der Waals surface area contributed by atoms with Crippen LogP contribution in [0, 0.1) is 5.82 Å². The van der Waals surface area contributed by atoms with E-state index in [1.165, 1.54) is 6.07 Å². The number of unbranched alkanes of at least 4 members (excludes halogenated alkanes) is 1. The van der Waals surface area contributed by atoms with E-state index < -0.39 is 0 Å². The van der Waals surface area contributed by atoms with Crippen molar-refractivity contribution in [2.45, 2.75) is 26.3 Å². The first-order valence-corrected chi connectivity index (χ1v) is 5.36. The topological polar surface area (TPSA) is 29.3 Å². The molecule has 0 saturated carbocycles. The minimum atomic E-state index is -0.210. The molecule has 15 heavy (non-hydrogen) atoms. The second kappa shape index (κ2) is 5.71. The summed E-state index contributed by atoms with van der Waals surface area (Å²) >= 11 is 0. The van der Waals surface area contributed by atoms with Crippen LogP contribution in [-0.4, -0.2) is 18.5 Å². The zero-order valence-electron chi connectivity index (χ0n) is 9.46.